The zero-order valence-corrected chi connectivity index (χ0v) is 14.5. The fraction of sp³-hybridized carbons (Fsp3) is 0.100. The SMILES string of the molecule is O=C(CCc1ccc2c(Cl)c(O)ccc2c1)Nc1ccccc1C(=O)O. The number of anilines is 1. The number of phenols is 1. The number of carbonyl (C=O) groups is 2. The number of rotatable bonds is 5. The maximum Gasteiger partial charge on any atom is 0.337 e. The van der Waals surface area contributed by atoms with Gasteiger partial charge >= 0.3 is 5.97 Å². The average Bonchev–Trinajstić information content (AvgIpc) is 2.63. The van der Waals surface area contributed by atoms with Crippen LogP contribution in [0.15, 0.2) is 54.6 Å². The number of aromatic hydroxyl groups is 1. The van der Waals surface area contributed by atoms with Gasteiger partial charge in [-0.05, 0) is 35.6 Å². The average molecular weight is 370 g/mol. The van der Waals surface area contributed by atoms with Crippen LogP contribution in [0, 0.1) is 0 Å². The van der Waals surface area contributed by atoms with Crippen molar-refractivity contribution in [2.45, 2.75) is 12.8 Å². The van der Waals surface area contributed by atoms with E-state index in [4.69, 9.17) is 16.7 Å². The molecule has 1 amide bonds. The van der Waals surface area contributed by atoms with Crippen LogP contribution in [0.25, 0.3) is 10.8 Å². The van der Waals surface area contributed by atoms with E-state index >= 15 is 0 Å². The number of nitrogens with one attached hydrogen (secondary N) is 1. The van der Waals surface area contributed by atoms with Crippen molar-refractivity contribution >= 4 is 39.9 Å². The number of hydrogen-bond donors (Lipinski definition) is 3. The van der Waals surface area contributed by atoms with Crippen molar-refractivity contribution in [1.29, 1.82) is 0 Å². The summed E-state index contributed by atoms with van der Waals surface area (Å²) in [6.45, 7) is 0. The second-order valence-electron chi connectivity index (χ2n) is 5.85. The Hall–Kier alpha value is -3.05. The van der Waals surface area contributed by atoms with Crippen molar-refractivity contribution in [2.24, 2.45) is 0 Å². The van der Waals surface area contributed by atoms with E-state index < -0.39 is 5.97 Å². The largest absolute Gasteiger partial charge is 0.506 e. The second-order valence-corrected chi connectivity index (χ2v) is 6.23. The van der Waals surface area contributed by atoms with Gasteiger partial charge in [-0.25, -0.2) is 4.79 Å². The van der Waals surface area contributed by atoms with Crippen LogP contribution in [0.3, 0.4) is 0 Å². The van der Waals surface area contributed by atoms with Gasteiger partial charge in [-0.3, -0.25) is 4.79 Å². The summed E-state index contributed by atoms with van der Waals surface area (Å²) in [6.07, 6.45) is 0.709. The highest BCUT2D eigenvalue weighted by Gasteiger charge is 2.12. The summed E-state index contributed by atoms with van der Waals surface area (Å²) < 4.78 is 0. The van der Waals surface area contributed by atoms with Crippen molar-refractivity contribution in [3.8, 4) is 5.75 Å². The summed E-state index contributed by atoms with van der Waals surface area (Å²) in [4.78, 5) is 23.3. The summed E-state index contributed by atoms with van der Waals surface area (Å²) in [5, 5.41) is 23.4. The summed E-state index contributed by atoms with van der Waals surface area (Å²) in [6, 6.07) is 15.2. The molecule has 3 N–H and O–H groups in total. The fourth-order valence-electron chi connectivity index (χ4n) is 2.73. The maximum absolute atomic E-state index is 12.2. The summed E-state index contributed by atoms with van der Waals surface area (Å²) in [5.74, 6) is -1.32. The van der Waals surface area contributed by atoms with Gasteiger partial charge in [-0.1, -0.05) is 48.0 Å². The highest BCUT2D eigenvalue weighted by atomic mass is 35.5. The van der Waals surface area contributed by atoms with Crippen molar-refractivity contribution in [3.63, 3.8) is 0 Å². The highest BCUT2D eigenvalue weighted by molar-refractivity contribution is 6.37. The Kier molecular flexibility index (Phi) is 5.09. The van der Waals surface area contributed by atoms with Crippen LogP contribution < -0.4 is 5.32 Å². The number of fused-ring (bicyclic) bond motifs is 1. The second kappa shape index (κ2) is 7.45. The third-order valence-corrected chi connectivity index (χ3v) is 4.47. The molecule has 0 aliphatic heterocycles. The van der Waals surface area contributed by atoms with Crippen LogP contribution in [-0.2, 0) is 11.2 Å². The number of benzene rings is 3. The van der Waals surface area contributed by atoms with Gasteiger partial charge in [0, 0.05) is 11.8 Å². The Morgan fingerprint density at radius 1 is 1.04 bits per heavy atom. The first kappa shape index (κ1) is 17.8. The molecule has 0 saturated heterocycles. The molecular weight excluding hydrogens is 354 g/mol. The van der Waals surface area contributed by atoms with Gasteiger partial charge in [0.1, 0.15) is 5.75 Å². The molecule has 5 nitrogen and oxygen atoms in total. The third-order valence-electron chi connectivity index (χ3n) is 4.07. The van der Waals surface area contributed by atoms with Crippen LogP contribution >= 0.6 is 11.6 Å². The number of aryl methyl sites for hydroxylation is 1. The van der Waals surface area contributed by atoms with Crippen LogP contribution in [0.5, 0.6) is 5.75 Å². The van der Waals surface area contributed by atoms with Gasteiger partial charge < -0.3 is 15.5 Å². The van der Waals surface area contributed by atoms with Crippen LogP contribution in [0.4, 0.5) is 5.69 Å². The topological polar surface area (TPSA) is 86.6 Å². The Morgan fingerprint density at radius 2 is 1.81 bits per heavy atom. The number of hydrogen-bond acceptors (Lipinski definition) is 3. The Labute approximate surface area is 154 Å². The van der Waals surface area contributed by atoms with Crippen molar-refractivity contribution in [1.82, 2.24) is 0 Å². The molecule has 0 spiro atoms. The lowest BCUT2D eigenvalue weighted by molar-refractivity contribution is -0.116. The molecular formula is C20H16ClNO4. The molecule has 0 atom stereocenters. The zero-order valence-electron chi connectivity index (χ0n) is 13.7. The van der Waals surface area contributed by atoms with Gasteiger partial charge in [-0.15, -0.1) is 0 Å². The van der Waals surface area contributed by atoms with Crippen LogP contribution in [-0.4, -0.2) is 22.1 Å². The van der Waals surface area contributed by atoms with E-state index in [-0.39, 0.29) is 29.3 Å². The number of carboxylic acids is 1. The minimum Gasteiger partial charge on any atom is -0.506 e. The minimum absolute atomic E-state index is 0.0309. The predicted molar refractivity (Wildman–Crippen MR) is 101 cm³/mol. The smallest absolute Gasteiger partial charge is 0.337 e. The molecule has 0 aliphatic carbocycles. The molecule has 3 aromatic carbocycles. The molecule has 26 heavy (non-hydrogen) atoms. The number of amides is 1. The van der Waals surface area contributed by atoms with Crippen molar-refractivity contribution in [2.75, 3.05) is 5.32 Å². The molecule has 0 aromatic heterocycles. The fourth-order valence-corrected chi connectivity index (χ4v) is 2.97. The lowest BCUT2D eigenvalue weighted by Gasteiger charge is -2.09. The number of phenolic OH excluding ortho intramolecular Hbond substituents is 1. The van der Waals surface area contributed by atoms with E-state index in [1.165, 1.54) is 12.1 Å². The first-order valence-electron chi connectivity index (χ1n) is 7.98. The Balaban J connectivity index is 1.69. The molecule has 0 heterocycles. The minimum atomic E-state index is -1.09. The number of aromatic carboxylic acids is 1. The summed E-state index contributed by atoms with van der Waals surface area (Å²) in [5.41, 5.74) is 1.28. The van der Waals surface area contributed by atoms with Crippen molar-refractivity contribution in [3.05, 3.63) is 70.7 Å². The zero-order chi connectivity index (χ0) is 18.7. The van der Waals surface area contributed by atoms with E-state index in [1.807, 2.05) is 18.2 Å². The van der Waals surface area contributed by atoms with E-state index in [9.17, 15) is 14.7 Å². The van der Waals surface area contributed by atoms with Crippen molar-refractivity contribution < 1.29 is 19.8 Å². The first-order valence-corrected chi connectivity index (χ1v) is 8.36. The molecule has 0 radical (unpaired) electrons. The molecule has 0 fully saturated rings. The Morgan fingerprint density at radius 3 is 2.58 bits per heavy atom. The molecule has 3 aromatic rings. The van der Waals surface area contributed by atoms with E-state index in [0.29, 0.717) is 11.4 Å². The van der Waals surface area contributed by atoms with Gasteiger partial charge in [0.2, 0.25) is 5.91 Å². The number of carboxylic acid groups (broad SMARTS) is 1. The lowest BCUT2D eigenvalue weighted by atomic mass is 10.0. The molecule has 3 rings (SSSR count). The van der Waals surface area contributed by atoms with Gasteiger partial charge in [0.25, 0.3) is 0 Å². The Bertz CT molecular complexity index is 1000. The van der Waals surface area contributed by atoms with Crippen LogP contribution in [0.2, 0.25) is 5.02 Å². The molecule has 132 valence electrons. The molecule has 0 saturated carbocycles. The van der Waals surface area contributed by atoms with Gasteiger partial charge in [0.15, 0.2) is 0 Å². The molecule has 6 heteroatoms. The normalized spacial score (nSPS) is 10.7. The standard InChI is InChI=1S/C20H16ClNO4/c21-19-14-8-5-12(11-13(14)7-9-17(19)23)6-10-18(24)22-16-4-2-1-3-15(16)20(25)26/h1-5,7-9,11,23H,6,10H2,(H,22,24)(H,25,26). The number of halogens is 1. The van der Waals surface area contributed by atoms with E-state index in [0.717, 1.165) is 16.3 Å². The molecule has 0 aliphatic rings. The summed E-state index contributed by atoms with van der Waals surface area (Å²) in [7, 11) is 0. The first-order chi connectivity index (χ1) is 12.5. The van der Waals surface area contributed by atoms with E-state index in [1.54, 1.807) is 24.3 Å². The maximum atomic E-state index is 12.2. The van der Waals surface area contributed by atoms with Gasteiger partial charge in [0.05, 0.1) is 16.3 Å². The number of carbonyl (C=O) groups excluding carboxylic acids is 1. The van der Waals surface area contributed by atoms with Gasteiger partial charge in [-0.2, -0.15) is 0 Å². The molecule has 0 bridgehead atoms. The quantitative estimate of drug-likeness (QED) is 0.619. The van der Waals surface area contributed by atoms with Crippen LogP contribution in [0.1, 0.15) is 22.3 Å². The monoisotopic (exact) mass is 369 g/mol. The lowest BCUT2D eigenvalue weighted by Crippen LogP contribution is -2.15. The third kappa shape index (κ3) is 3.78. The summed E-state index contributed by atoms with van der Waals surface area (Å²) >= 11 is 6.07. The highest BCUT2D eigenvalue weighted by Crippen LogP contribution is 2.32. The molecule has 0 unspecified atom stereocenters. The number of para-hydroxylation sites is 1. The predicted octanol–water partition coefficient (Wildman–Crippen LogP) is 4.47. The van der Waals surface area contributed by atoms with E-state index in [2.05, 4.69) is 5.32 Å².